The van der Waals surface area contributed by atoms with Gasteiger partial charge in [-0.3, -0.25) is 11.3 Å². The van der Waals surface area contributed by atoms with Gasteiger partial charge < -0.3 is 9.47 Å². The minimum absolute atomic E-state index is 0.0919. The Morgan fingerprint density at radius 3 is 2.94 bits per heavy atom. The molecule has 0 amide bonds. The molecule has 2 rings (SSSR count). The number of rotatable bonds is 4. The molecule has 0 aliphatic carbocycles. The molecule has 1 aliphatic heterocycles. The quantitative estimate of drug-likeness (QED) is 0.635. The van der Waals surface area contributed by atoms with Crippen LogP contribution in [0.3, 0.4) is 0 Å². The summed E-state index contributed by atoms with van der Waals surface area (Å²) >= 11 is 0. The average molecular weight is 254 g/mol. The SMILES string of the molecule is COc1ccc(C(NN)C2CCCOC2)cc1F. The summed E-state index contributed by atoms with van der Waals surface area (Å²) in [6.45, 7) is 1.45. The second-order valence-electron chi connectivity index (χ2n) is 4.52. The molecule has 1 aliphatic rings. The zero-order chi connectivity index (χ0) is 13.0. The summed E-state index contributed by atoms with van der Waals surface area (Å²) in [4.78, 5) is 0. The van der Waals surface area contributed by atoms with Crippen LogP contribution in [0, 0.1) is 11.7 Å². The van der Waals surface area contributed by atoms with Crippen molar-refractivity contribution in [3.8, 4) is 5.75 Å². The van der Waals surface area contributed by atoms with Gasteiger partial charge in [-0.25, -0.2) is 4.39 Å². The molecule has 0 saturated carbocycles. The number of ether oxygens (including phenoxy) is 2. The van der Waals surface area contributed by atoms with Crippen LogP contribution in [0.15, 0.2) is 18.2 Å². The number of methoxy groups -OCH3 is 1. The Hall–Kier alpha value is -1.17. The van der Waals surface area contributed by atoms with Crippen molar-refractivity contribution in [2.45, 2.75) is 18.9 Å². The van der Waals surface area contributed by atoms with Crippen LogP contribution in [0.1, 0.15) is 24.4 Å². The number of hydrogen-bond donors (Lipinski definition) is 2. The third-order valence-corrected chi connectivity index (χ3v) is 3.38. The highest BCUT2D eigenvalue weighted by Gasteiger charge is 2.25. The number of hydrogen-bond acceptors (Lipinski definition) is 4. The van der Waals surface area contributed by atoms with Crippen molar-refractivity contribution in [2.24, 2.45) is 11.8 Å². The third-order valence-electron chi connectivity index (χ3n) is 3.38. The minimum Gasteiger partial charge on any atom is -0.494 e. The van der Waals surface area contributed by atoms with Crippen LogP contribution in [0.5, 0.6) is 5.75 Å². The van der Waals surface area contributed by atoms with Crippen LogP contribution >= 0.6 is 0 Å². The molecule has 4 nitrogen and oxygen atoms in total. The molecule has 5 heteroatoms. The smallest absolute Gasteiger partial charge is 0.165 e. The van der Waals surface area contributed by atoms with E-state index in [-0.39, 0.29) is 23.5 Å². The van der Waals surface area contributed by atoms with Gasteiger partial charge in [0.05, 0.1) is 19.8 Å². The van der Waals surface area contributed by atoms with Crippen molar-refractivity contribution < 1.29 is 13.9 Å². The molecular formula is C13H19FN2O2. The van der Waals surface area contributed by atoms with Crippen molar-refractivity contribution in [1.82, 2.24) is 5.43 Å². The molecule has 1 saturated heterocycles. The second-order valence-corrected chi connectivity index (χ2v) is 4.52. The molecule has 3 N–H and O–H groups in total. The Labute approximate surface area is 106 Å². The van der Waals surface area contributed by atoms with Gasteiger partial charge in [-0.05, 0) is 30.5 Å². The molecule has 0 spiro atoms. The van der Waals surface area contributed by atoms with Crippen LogP contribution in [-0.2, 0) is 4.74 Å². The zero-order valence-corrected chi connectivity index (χ0v) is 10.5. The van der Waals surface area contributed by atoms with Crippen molar-refractivity contribution in [2.75, 3.05) is 20.3 Å². The van der Waals surface area contributed by atoms with E-state index in [2.05, 4.69) is 5.43 Å². The largest absolute Gasteiger partial charge is 0.494 e. The van der Waals surface area contributed by atoms with E-state index in [0.29, 0.717) is 6.61 Å². The predicted octanol–water partition coefficient (Wildman–Crippen LogP) is 1.77. The van der Waals surface area contributed by atoms with Gasteiger partial charge in [0.1, 0.15) is 0 Å². The summed E-state index contributed by atoms with van der Waals surface area (Å²) in [5.41, 5.74) is 3.59. The Balaban J connectivity index is 2.18. The lowest BCUT2D eigenvalue weighted by Crippen LogP contribution is -2.37. The monoisotopic (exact) mass is 254 g/mol. The van der Waals surface area contributed by atoms with E-state index in [1.807, 2.05) is 6.07 Å². The molecule has 0 bridgehead atoms. The van der Waals surface area contributed by atoms with E-state index >= 15 is 0 Å². The lowest BCUT2D eigenvalue weighted by Gasteiger charge is -2.30. The summed E-state index contributed by atoms with van der Waals surface area (Å²) < 4.78 is 24.0. The highest BCUT2D eigenvalue weighted by atomic mass is 19.1. The van der Waals surface area contributed by atoms with Gasteiger partial charge in [-0.1, -0.05) is 6.07 Å². The van der Waals surface area contributed by atoms with Crippen LogP contribution in [-0.4, -0.2) is 20.3 Å². The zero-order valence-electron chi connectivity index (χ0n) is 10.5. The predicted molar refractivity (Wildman–Crippen MR) is 66.6 cm³/mol. The van der Waals surface area contributed by atoms with E-state index in [0.717, 1.165) is 25.0 Å². The number of nitrogens with one attached hydrogen (secondary N) is 1. The average Bonchev–Trinajstić information content (AvgIpc) is 2.41. The molecule has 1 heterocycles. The first-order chi connectivity index (χ1) is 8.76. The van der Waals surface area contributed by atoms with Crippen LogP contribution in [0.25, 0.3) is 0 Å². The fourth-order valence-electron chi connectivity index (χ4n) is 2.41. The van der Waals surface area contributed by atoms with Gasteiger partial charge >= 0.3 is 0 Å². The number of hydrazine groups is 1. The van der Waals surface area contributed by atoms with E-state index in [4.69, 9.17) is 15.3 Å². The second kappa shape index (κ2) is 6.13. The first kappa shape index (κ1) is 13.3. The minimum atomic E-state index is -0.369. The Morgan fingerprint density at radius 1 is 1.56 bits per heavy atom. The van der Waals surface area contributed by atoms with Crippen molar-refractivity contribution >= 4 is 0 Å². The Morgan fingerprint density at radius 2 is 2.39 bits per heavy atom. The fourth-order valence-corrected chi connectivity index (χ4v) is 2.41. The summed E-state index contributed by atoms with van der Waals surface area (Å²) in [5, 5.41) is 0. The van der Waals surface area contributed by atoms with E-state index < -0.39 is 0 Å². The van der Waals surface area contributed by atoms with Crippen LogP contribution in [0.2, 0.25) is 0 Å². The van der Waals surface area contributed by atoms with Crippen molar-refractivity contribution in [3.63, 3.8) is 0 Å². The Bertz CT molecular complexity index is 395. The molecule has 2 unspecified atom stereocenters. The van der Waals surface area contributed by atoms with E-state index in [9.17, 15) is 4.39 Å². The first-order valence-corrected chi connectivity index (χ1v) is 6.13. The van der Waals surface area contributed by atoms with Gasteiger partial charge in [0.15, 0.2) is 11.6 Å². The third kappa shape index (κ3) is 2.80. The molecule has 1 aromatic rings. The van der Waals surface area contributed by atoms with E-state index in [1.165, 1.54) is 13.2 Å². The molecule has 0 aromatic heterocycles. The van der Waals surface area contributed by atoms with Crippen LogP contribution < -0.4 is 16.0 Å². The summed E-state index contributed by atoms with van der Waals surface area (Å²) in [6.07, 6.45) is 2.05. The number of nitrogens with two attached hydrogens (primary N) is 1. The van der Waals surface area contributed by atoms with Gasteiger partial charge in [-0.2, -0.15) is 0 Å². The standard InChI is InChI=1S/C13H19FN2O2/c1-17-12-5-4-9(7-11(12)14)13(16-15)10-3-2-6-18-8-10/h4-5,7,10,13,16H,2-3,6,8,15H2,1H3. The van der Waals surface area contributed by atoms with Gasteiger partial charge in [-0.15, -0.1) is 0 Å². The van der Waals surface area contributed by atoms with E-state index in [1.54, 1.807) is 6.07 Å². The van der Waals surface area contributed by atoms with Gasteiger partial charge in [0.2, 0.25) is 0 Å². The van der Waals surface area contributed by atoms with Crippen LogP contribution in [0.4, 0.5) is 4.39 Å². The normalized spacial score (nSPS) is 21.6. The number of halogens is 1. The lowest BCUT2D eigenvalue weighted by molar-refractivity contribution is 0.0389. The molecule has 0 radical (unpaired) electrons. The molecule has 2 atom stereocenters. The molecule has 1 aromatic carbocycles. The molecular weight excluding hydrogens is 235 g/mol. The fraction of sp³-hybridized carbons (Fsp3) is 0.538. The number of benzene rings is 1. The Kier molecular flexibility index (Phi) is 4.52. The molecule has 18 heavy (non-hydrogen) atoms. The summed E-state index contributed by atoms with van der Waals surface area (Å²) in [6, 6.07) is 4.84. The molecule has 1 fully saturated rings. The first-order valence-electron chi connectivity index (χ1n) is 6.13. The van der Waals surface area contributed by atoms with Crippen molar-refractivity contribution in [3.05, 3.63) is 29.6 Å². The topological polar surface area (TPSA) is 56.5 Å². The highest BCUT2D eigenvalue weighted by molar-refractivity contribution is 5.31. The van der Waals surface area contributed by atoms with Gasteiger partial charge in [0.25, 0.3) is 0 Å². The maximum absolute atomic E-state index is 13.7. The molecule has 100 valence electrons. The lowest BCUT2D eigenvalue weighted by atomic mass is 9.89. The summed E-state index contributed by atoms with van der Waals surface area (Å²) in [7, 11) is 1.45. The van der Waals surface area contributed by atoms with Crippen molar-refractivity contribution in [1.29, 1.82) is 0 Å². The maximum atomic E-state index is 13.7. The van der Waals surface area contributed by atoms with Gasteiger partial charge in [0, 0.05) is 12.5 Å². The highest BCUT2D eigenvalue weighted by Crippen LogP contribution is 2.30. The maximum Gasteiger partial charge on any atom is 0.165 e. The summed E-state index contributed by atoms with van der Waals surface area (Å²) in [5.74, 6) is 5.75.